The molecule has 0 saturated carbocycles. The van der Waals surface area contributed by atoms with Gasteiger partial charge in [0.2, 0.25) is 0 Å². The minimum Gasteiger partial charge on any atom is -0.379 e. The summed E-state index contributed by atoms with van der Waals surface area (Å²) >= 11 is 0. The molecule has 24 heavy (non-hydrogen) atoms. The fourth-order valence-corrected chi connectivity index (χ4v) is 3.20. The van der Waals surface area contributed by atoms with Crippen molar-refractivity contribution in [1.29, 1.82) is 0 Å². The molecule has 0 aromatic heterocycles. The van der Waals surface area contributed by atoms with Crippen molar-refractivity contribution in [2.24, 2.45) is 4.99 Å². The summed E-state index contributed by atoms with van der Waals surface area (Å²) in [6, 6.07) is 0. The van der Waals surface area contributed by atoms with E-state index < -0.39 is 0 Å². The van der Waals surface area contributed by atoms with Crippen molar-refractivity contribution in [3.05, 3.63) is 0 Å². The molecule has 0 aliphatic carbocycles. The highest BCUT2D eigenvalue weighted by Gasteiger charge is 2.21. The maximum atomic E-state index is 5.73. The normalized spacial score (nSPS) is 20.8. The van der Waals surface area contributed by atoms with E-state index in [1.54, 1.807) is 0 Å². The van der Waals surface area contributed by atoms with Crippen LogP contribution in [-0.2, 0) is 9.47 Å². The zero-order valence-corrected chi connectivity index (χ0v) is 17.7. The van der Waals surface area contributed by atoms with E-state index in [-0.39, 0.29) is 24.0 Å². The van der Waals surface area contributed by atoms with E-state index in [0.717, 1.165) is 90.9 Å². The Bertz CT molecular complexity index is 343. The van der Waals surface area contributed by atoms with Gasteiger partial charge >= 0.3 is 0 Å². The zero-order chi connectivity index (χ0) is 16.3. The average Bonchev–Trinajstić information content (AvgIpc) is 2.60. The van der Waals surface area contributed by atoms with Gasteiger partial charge in [-0.1, -0.05) is 0 Å². The van der Waals surface area contributed by atoms with Gasteiger partial charge in [-0.2, -0.15) is 0 Å². The summed E-state index contributed by atoms with van der Waals surface area (Å²) in [5.41, 5.74) is 0. The van der Waals surface area contributed by atoms with Crippen LogP contribution in [0.15, 0.2) is 4.99 Å². The number of guanidine groups is 1. The van der Waals surface area contributed by atoms with Crippen LogP contribution in [0, 0.1) is 0 Å². The van der Waals surface area contributed by atoms with Crippen LogP contribution in [-0.4, -0.2) is 87.5 Å². The number of aliphatic imine (C=N–C) groups is 1. The average molecular weight is 454 g/mol. The second kappa shape index (κ2) is 13.1. The predicted molar refractivity (Wildman–Crippen MR) is 109 cm³/mol. The lowest BCUT2D eigenvalue weighted by atomic mass is 10.1. The van der Waals surface area contributed by atoms with Crippen LogP contribution in [0.1, 0.15) is 33.1 Å². The Labute approximate surface area is 164 Å². The molecular formula is C17H35IN4O2. The van der Waals surface area contributed by atoms with E-state index in [4.69, 9.17) is 14.5 Å². The molecule has 2 aliphatic heterocycles. The van der Waals surface area contributed by atoms with E-state index >= 15 is 0 Å². The number of hydrogen-bond acceptors (Lipinski definition) is 4. The van der Waals surface area contributed by atoms with Crippen LogP contribution in [0.25, 0.3) is 0 Å². The molecule has 0 aromatic carbocycles. The molecule has 2 rings (SSSR count). The van der Waals surface area contributed by atoms with Crippen molar-refractivity contribution in [2.45, 2.75) is 39.2 Å². The van der Waals surface area contributed by atoms with E-state index in [9.17, 15) is 0 Å². The molecule has 1 N–H and O–H groups in total. The second-order valence-corrected chi connectivity index (χ2v) is 6.18. The monoisotopic (exact) mass is 454 g/mol. The molecule has 0 spiro atoms. The lowest BCUT2D eigenvalue weighted by Gasteiger charge is -2.34. The van der Waals surface area contributed by atoms with E-state index in [1.165, 1.54) is 0 Å². The quantitative estimate of drug-likeness (QED) is 0.275. The number of nitrogens with one attached hydrogen (secondary N) is 1. The number of halogens is 1. The molecule has 0 unspecified atom stereocenters. The molecule has 0 aromatic rings. The Hall–Kier alpha value is -0.120. The van der Waals surface area contributed by atoms with Crippen molar-refractivity contribution >= 4 is 29.9 Å². The van der Waals surface area contributed by atoms with Crippen LogP contribution >= 0.6 is 24.0 Å². The standard InChI is InChI=1S/C17H34N4O2.HI/c1-3-18-17(21-10-6-16(7-11-21)23-4-2)19-8-5-9-20-12-14-22-15-13-20;/h16H,3-15H2,1-2H3,(H,18,19);1H. The van der Waals surface area contributed by atoms with Gasteiger partial charge < -0.3 is 19.7 Å². The highest BCUT2D eigenvalue weighted by atomic mass is 127. The van der Waals surface area contributed by atoms with Crippen molar-refractivity contribution in [3.63, 3.8) is 0 Å². The first-order valence-corrected chi connectivity index (χ1v) is 9.28. The van der Waals surface area contributed by atoms with Crippen LogP contribution < -0.4 is 5.32 Å². The SMILES string of the molecule is CCNC(=NCCCN1CCOCC1)N1CCC(OCC)CC1.I. The lowest BCUT2D eigenvalue weighted by molar-refractivity contribution is 0.0263. The number of likely N-dealkylation sites (tertiary alicyclic amines) is 1. The number of nitrogens with zero attached hydrogens (tertiary/aromatic N) is 3. The highest BCUT2D eigenvalue weighted by molar-refractivity contribution is 14.0. The second-order valence-electron chi connectivity index (χ2n) is 6.18. The van der Waals surface area contributed by atoms with Crippen molar-refractivity contribution in [3.8, 4) is 0 Å². The third-order valence-electron chi connectivity index (χ3n) is 4.48. The molecule has 0 bridgehead atoms. The maximum absolute atomic E-state index is 5.73. The van der Waals surface area contributed by atoms with Gasteiger partial charge in [-0.05, 0) is 33.1 Å². The summed E-state index contributed by atoms with van der Waals surface area (Å²) in [7, 11) is 0. The number of morpholine rings is 1. The van der Waals surface area contributed by atoms with Crippen LogP contribution in [0.4, 0.5) is 0 Å². The van der Waals surface area contributed by atoms with Gasteiger partial charge in [-0.15, -0.1) is 24.0 Å². The van der Waals surface area contributed by atoms with Crippen LogP contribution in [0.2, 0.25) is 0 Å². The zero-order valence-electron chi connectivity index (χ0n) is 15.3. The highest BCUT2D eigenvalue weighted by Crippen LogP contribution is 2.13. The third-order valence-corrected chi connectivity index (χ3v) is 4.48. The first-order valence-electron chi connectivity index (χ1n) is 9.28. The minimum atomic E-state index is 0. The maximum Gasteiger partial charge on any atom is 0.193 e. The van der Waals surface area contributed by atoms with E-state index in [0.29, 0.717) is 6.10 Å². The van der Waals surface area contributed by atoms with E-state index in [2.05, 4.69) is 29.0 Å². The third kappa shape index (κ3) is 7.84. The Balaban J connectivity index is 0.00000288. The minimum absolute atomic E-state index is 0. The number of hydrogen-bond donors (Lipinski definition) is 1. The van der Waals surface area contributed by atoms with Gasteiger partial charge in [0.25, 0.3) is 0 Å². The molecule has 0 amide bonds. The number of piperidine rings is 1. The summed E-state index contributed by atoms with van der Waals surface area (Å²) in [5, 5.41) is 3.44. The summed E-state index contributed by atoms with van der Waals surface area (Å²) in [5.74, 6) is 1.07. The Morgan fingerprint density at radius 3 is 2.50 bits per heavy atom. The molecular weight excluding hydrogens is 419 g/mol. The number of ether oxygens (including phenoxy) is 2. The largest absolute Gasteiger partial charge is 0.379 e. The Morgan fingerprint density at radius 2 is 1.88 bits per heavy atom. The summed E-state index contributed by atoms with van der Waals surface area (Å²) in [4.78, 5) is 9.68. The Morgan fingerprint density at radius 1 is 1.17 bits per heavy atom. The molecule has 2 aliphatic rings. The topological polar surface area (TPSA) is 49.3 Å². The molecule has 2 saturated heterocycles. The molecule has 2 fully saturated rings. The molecule has 6 nitrogen and oxygen atoms in total. The van der Waals surface area contributed by atoms with Gasteiger partial charge in [0.1, 0.15) is 0 Å². The first kappa shape index (κ1) is 21.9. The fourth-order valence-electron chi connectivity index (χ4n) is 3.20. The predicted octanol–water partition coefficient (Wildman–Crippen LogP) is 1.79. The summed E-state index contributed by atoms with van der Waals surface area (Å²) in [6.45, 7) is 13.9. The Kier molecular flexibility index (Phi) is 12.0. The van der Waals surface area contributed by atoms with Gasteiger partial charge in [-0.3, -0.25) is 9.89 Å². The summed E-state index contributed by atoms with van der Waals surface area (Å²) < 4.78 is 11.1. The van der Waals surface area contributed by atoms with Crippen molar-refractivity contribution < 1.29 is 9.47 Å². The first-order chi connectivity index (χ1) is 11.3. The van der Waals surface area contributed by atoms with Crippen molar-refractivity contribution in [1.82, 2.24) is 15.1 Å². The van der Waals surface area contributed by atoms with Gasteiger partial charge in [0, 0.05) is 52.4 Å². The van der Waals surface area contributed by atoms with E-state index in [1.807, 2.05) is 0 Å². The van der Waals surface area contributed by atoms with Crippen molar-refractivity contribution in [2.75, 3.05) is 65.6 Å². The molecule has 142 valence electrons. The molecule has 0 radical (unpaired) electrons. The molecule has 2 heterocycles. The molecule has 0 atom stereocenters. The summed E-state index contributed by atoms with van der Waals surface area (Å²) in [6.07, 6.45) is 3.75. The van der Waals surface area contributed by atoms with Gasteiger partial charge in [0.15, 0.2) is 5.96 Å². The smallest absolute Gasteiger partial charge is 0.193 e. The molecule has 7 heteroatoms. The van der Waals surface area contributed by atoms with Crippen LogP contribution in [0.5, 0.6) is 0 Å². The van der Waals surface area contributed by atoms with Gasteiger partial charge in [-0.25, -0.2) is 0 Å². The lowest BCUT2D eigenvalue weighted by Crippen LogP contribution is -2.47. The number of rotatable bonds is 7. The fraction of sp³-hybridized carbons (Fsp3) is 0.941. The van der Waals surface area contributed by atoms with Crippen LogP contribution in [0.3, 0.4) is 0 Å². The van der Waals surface area contributed by atoms with Gasteiger partial charge in [0.05, 0.1) is 19.3 Å².